The summed E-state index contributed by atoms with van der Waals surface area (Å²) in [6.45, 7) is 9.15. The Morgan fingerprint density at radius 1 is 1.32 bits per heavy atom. The first-order valence-corrected chi connectivity index (χ1v) is 8.47. The average Bonchev–Trinajstić information content (AvgIpc) is 2.95. The molecule has 2 heterocycles. The molecule has 3 rings (SSSR count). The van der Waals surface area contributed by atoms with Gasteiger partial charge in [-0.2, -0.15) is 0 Å². The van der Waals surface area contributed by atoms with E-state index >= 15 is 0 Å². The Hall–Kier alpha value is -1.61. The predicted octanol–water partition coefficient (Wildman–Crippen LogP) is 3.71. The first kappa shape index (κ1) is 15.3. The molecule has 22 heavy (non-hydrogen) atoms. The molecule has 0 spiro atoms. The molecular formula is C19H27N3. The van der Waals surface area contributed by atoms with Crippen LogP contribution in [-0.4, -0.2) is 43.1 Å². The Kier molecular flexibility index (Phi) is 4.63. The van der Waals surface area contributed by atoms with E-state index in [0.29, 0.717) is 0 Å². The molecule has 0 N–H and O–H groups in total. The van der Waals surface area contributed by atoms with E-state index in [-0.39, 0.29) is 0 Å². The van der Waals surface area contributed by atoms with Crippen LogP contribution in [-0.2, 0) is 0 Å². The third-order valence-corrected chi connectivity index (χ3v) is 4.75. The maximum Gasteiger partial charge on any atom is 0.0751 e. The summed E-state index contributed by atoms with van der Waals surface area (Å²) in [6.07, 6.45) is 4.49. The topological polar surface area (TPSA) is 19.4 Å². The highest BCUT2D eigenvalue weighted by Gasteiger charge is 2.24. The van der Waals surface area contributed by atoms with Crippen molar-refractivity contribution in [3.63, 3.8) is 0 Å². The van der Waals surface area contributed by atoms with Crippen LogP contribution in [0.3, 0.4) is 0 Å². The molecule has 0 amide bonds. The van der Waals surface area contributed by atoms with Gasteiger partial charge in [0, 0.05) is 36.9 Å². The smallest absolute Gasteiger partial charge is 0.0751 e. The van der Waals surface area contributed by atoms with Gasteiger partial charge in [0.2, 0.25) is 0 Å². The molecule has 3 heteroatoms. The second-order valence-corrected chi connectivity index (χ2v) is 6.66. The number of anilines is 1. The van der Waals surface area contributed by atoms with Gasteiger partial charge in [-0.1, -0.05) is 25.1 Å². The van der Waals surface area contributed by atoms with Crippen molar-refractivity contribution in [3.8, 4) is 0 Å². The Bertz CT molecular complexity index is 638. The fraction of sp³-hybridized carbons (Fsp3) is 0.526. The molecule has 1 aromatic heterocycles. The molecule has 1 aromatic carbocycles. The minimum Gasteiger partial charge on any atom is -0.371 e. The lowest BCUT2D eigenvalue weighted by atomic mass is 10.1. The molecule has 1 fully saturated rings. The van der Waals surface area contributed by atoms with E-state index in [9.17, 15) is 0 Å². The molecule has 2 aromatic rings. The van der Waals surface area contributed by atoms with Gasteiger partial charge < -0.3 is 9.80 Å². The van der Waals surface area contributed by atoms with Crippen LogP contribution in [0.4, 0.5) is 5.69 Å². The monoisotopic (exact) mass is 297 g/mol. The molecular weight excluding hydrogens is 270 g/mol. The summed E-state index contributed by atoms with van der Waals surface area (Å²) in [5.74, 6) is 0.782. The van der Waals surface area contributed by atoms with E-state index in [4.69, 9.17) is 0 Å². The van der Waals surface area contributed by atoms with E-state index in [1.165, 1.54) is 49.1 Å². The minimum absolute atomic E-state index is 0.782. The van der Waals surface area contributed by atoms with Crippen LogP contribution in [0, 0.1) is 12.8 Å². The van der Waals surface area contributed by atoms with Gasteiger partial charge >= 0.3 is 0 Å². The zero-order valence-electron chi connectivity index (χ0n) is 14.0. The Balaban J connectivity index is 1.77. The molecule has 1 unspecified atom stereocenters. The Morgan fingerprint density at radius 2 is 2.18 bits per heavy atom. The molecule has 1 saturated heterocycles. The van der Waals surface area contributed by atoms with Crippen LogP contribution in [0.1, 0.15) is 25.3 Å². The van der Waals surface area contributed by atoms with Crippen molar-refractivity contribution in [1.82, 2.24) is 9.88 Å². The summed E-state index contributed by atoms with van der Waals surface area (Å²) in [5, 5.41) is 1.30. The number of hydrogen-bond acceptors (Lipinski definition) is 3. The summed E-state index contributed by atoms with van der Waals surface area (Å²) in [7, 11) is 2.25. The van der Waals surface area contributed by atoms with Gasteiger partial charge in [0.25, 0.3) is 0 Å². The molecule has 0 aliphatic carbocycles. The standard InChI is InChI=1S/C19H27N3/c1-4-11-21(3)13-16-9-12-22(14-16)18-8-10-20-19-15(2)6-5-7-17(18)19/h5-8,10,16H,4,9,11-14H2,1-3H3. The molecule has 1 aliphatic rings. The largest absolute Gasteiger partial charge is 0.371 e. The molecule has 1 atom stereocenters. The SMILES string of the molecule is CCCN(C)CC1CCN(c2ccnc3c(C)cccc23)C1. The van der Waals surface area contributed by atoms with E-state index in [1.54, 1.807) is 0 Å². The third kappa shape index (κ3) is 3.09. The van der Waals surface area contributed by atoms with E-state index in [2.05, 4.69) is 59.9 Å². The number of fused-ring (bicyclic) bond motifs is 1. The van der Waals surface area contributed by atoms with Crippen LogP contribution in [0.15, 0.2) is 30.5 Å². The van der Waals surface area contributed by atoms with Crippen molar-refractivity contribution in [2.45, 2.75) is 26.7 Å². The number of aryl methyl sites for hydroxylation is 1. The highest BCUT2D eigenvalue weighted by Crippen LogP contribution is 2.31. The van der Waals surface area contributed by atoms with Crippen molar-refractivity contribution in [2.75, 3.05) is 38.1 Å². The summed E-state index contributed by atoms with van der Waals surface area (Å²) < 4.78 is 0. The number of para-hydroxylation sites is 1. The lowest BCUT2D eigenvalue weighted by Gasteiger charge is -2.23. The van der Waals surface area contributed by atoms with Gasteiger partial charge in [-0.25, -0.2) is 0 Å². The normalized spacial score (nSPS) is 18.5. The second-order valence-electron chi connectivity index (χ2n) is 6.66. The van der Waals surface area contributed by atoms with E-state index in [0.717, 1.165) is 18.0 Å². The number of pyridine rings is 1. The van der Waals surface area contributed by atoms with E-state index < -0.39 is 0 Å². The van der Waals surface area contributed by atoms with Crippen molar-refractivity contribution in [1.29, 1.82) is 0 Å². The summed E-state index contributed by atoms with van der Waals surface area (Å²) in [4.78, 5) is 9.59. The molecule has 0 radical (unpaired) electrons. The number of hydrogen-bond donors (Lipinski definition) is 0. The van der Waals surface area contributed by atoms with Crippen LogP contribution >= 0.6 is 0 Å². The molecule has 0 bridgehead atoms. The molecule has 1 aliphatic heterocycles. The van der Waals surface area contributed by atoms with E-state index in [1.807, 2.05) is 6.20 Å². The predicted molar refractivity (Wildman–Crippen MR) is 94.6 cm³/mol. The van der Waals surface area contributed by atoms with Crippen LogP contribution < -0.4 is 4.90 Å². The highest BCUT2D eigenvalue weighted by atomic mass is 15.2. The quantitative estimate of drug-likeness (QED) is 0.838. The molecule has 3 nitrogen and oxygen atoms in total. The molecule has 118 valence electrons. The Labute approximate surface area is 133 Å². The third-order valence-electron chi connectivity index (χ3n) is 4.75. The van der Waals surface area contributed by atoms with Gasteiger partial charge in [-0.3, -0.25) is 4.98 Å². The van der Waals surface area contributed by atoms with Crippen molar-refractivity contribution < 1.29 is 0 Å². The number of aromatic nitrogens is 1. The lowest BCUT2D eigenvalue weighted by Crippen LogP contribution is -2.28. The number of nitrogens with zero attached hydrogens (tertiary/aromatic N) is 3. The Morgan fingerprint density at radius 3 is 3.00 bits per heavy atom. The summed E-state index contributed by atoms with van der Waals surface area (Å²) in [6, 6.07) is 8.68. The second kappa shape index (κ2) is 6.66. The highest BCUT2D eigenvalue weighted by molar-refractivity contribution is 5.93. The maximum absolute atomic E-state index is 4.57. The summed E-state index contributed by atoms with van der Waals surface area (Å²) >= 11 is 0. The zero-order chi connectivity index (χ0) is 15.5. The van der Waals surface area contributed by atoms with Crippen molar-refractivity contribution >= 4 is 16.6 Å². The van der Waals surface area contributed by atoms with Crippen LogP contribution in [0.5, 0.6) is 0 Å². The number of rotatable bonds is 5. The van der Waals surface area contributed by atoms with Gasteiger partial charge in [0.15, 0.2) is 0 Å². The van der Waals surface area contributed by atoms with Crippen LogP contribution in [0.25, 0.3) is 10.9 Å². The zero-order valence-corrected chi connectivity index (χ0v) is 14.0. The van der Waals surface area contributed by atoms with Crippen molar-refractivity contribution in [3.05, 3.63) is 36.0 Å². The van der Waals surface area contributed by atoms with Gasteiger partial charge in [-0.15, -0.1) is 0 Å². The molecule has 0 saturated carbocycles. The first-order chi connectivity index (χ1) is 10.7. The lowest BCUT2D eigenvalue weighted by molar-refractivity contribution is 0.287. The minimum atomic E-state index is 0.782. The number of benzene rings is 1. The van der Waals surface area contributed by atoms with Crippen molar-refractivity contribution in [2.24, 2.45) is 5.92 Å². The van der Waals surface area contributed by atoms with Crippen LogP contribution in [0.2, 0.25) is 0 Å². The fourth-order valence-electron chi connectivity index (χ4n) is 3.70. The van der Waals surface area contributed by atoms with Gasteiger partial charge in [0.1, 0.15) is 0 Å². The fourth-order valence-corrected chi connectivity index (χ4v) is 3.70. The van der Waals surface area contributed by atoms with Gasteiger partial charge in [-0.05, 0) is 50.9 Å². The average molecular weight is 297 g/mol. The first-order valence-electron chi connectivity index (χ1n) is 8.47. The summed E-state index contributed by atoms with van der Waals surface area (Å²) in [5.41, 5.74) is 3.76. The van der Waals surface area contributed by atoms with Gasteiger partial charge in [0.05, 0.1) is 5.52 Å². The maximum atomic E-state index is 4.57.